The van der Waals surface area contributed by atoms with Crippen LogP contribution in [0.4, 0.5) is 5.69 Å². The number of carbonyl (C=O) groups is 1. The zero-order chi connectivity index (χ0) is 15.9. The molecule has 0 atom stereocenters. The molecule has 0 aromatic heterocycles. The van der Waals surface area contributed by atoms with Crippen LogP contribution in [0.25, 0.3) is 0 Å². The molecular weight excluding hydrogens is 270 g/mol. The molecule has 0 bridgehead atoms. The molecule has 2 rings (SSSR count). The molecule has 2 aromatic carbocycles. The first-order valence-electron chi connectivity index (χ1n) is 8.16. The van der Waals surface area contributed by atoms with Gasteiger partial charge in [0.2, 0.25) is 5.91 Å². The van der Waals surface area contributed by atoms with Gasteiger partial charge in [-0.2, -0.15) is 0 Å². The highest BCUT2D eigenvalue weighted by molar-refractivity contribution is 5.94. The predicted octanol–water partition coefficient (Wildman–Crippen LogP) is 4.56. The number of anilines is 1. The van der Waals surface area contributed by atoms with E-state index in [1.165, 1.54) is 16.7 Å². The van der Waals surface area contributed by atoms with Crippen molar-refractivity contribution in [3.05, 3.63) is 64.7 Å². The van der Waals surface area contributed by atoms with Gasteiger partial charge < -0.3 is 5.32 Å². The quantitative estimate of drug-likeness (QED) is 0.832. The molecule has 0 radical (unpaired) electrons. The zero-order valence-electron chi connectivity index (χ0n) is 13.8. The first-order chi connectivity index (χ1) is 10.7. The van der Waals surface area contributed by atoms with Crippen LogP contribution < -0.4 is 5.32 Å². The summed E-state index contributed by atoms with van der Waals surface area (Å²) in [5.41, 5.74) is 5.87. The van der Waals surface area contributed by atoms with Gasteiger partial charge in [-0.25, -0.2) is 0 Å². The van der Waals surface area contributed by atoms with E-state index in [9.17, 15) is 4.79 Å². The number of hydrogen-bond donors (Lipinski definition) is 1. The third kappa shape index (κ3) is 3.97. The standard InChI is InChI=1S/C20H25NO/c1-4-15-12-17(5-2)20(18(6-3)13-15)21-19(22)14-16-10-8-7-9-11-16/h7-13H,4-6,14H2,1-3H3,(H,21,22). The minimum atomic E-state index is 0.0554. The first kappa shape index (κ1) is 16.3. The summed E-state index contributed by atoms with van der Waals surface area (Å²) >= 11 is 0. The van der Waals surface area contributed by atoms with Crippen LogP contribution in [0.5, 0.6) is 0 Å². The van der Waals surface area contributed by atoms with E-state index >= 15 is 0 Å². The lowest BCUT2D eigenvalue weighted by molar-refractivity contribution is -0.115. The van der Waals surface area contributed by atoms with Crippen molar-refractivity contribution in [1.29, 1.82) is 0 Å². The van der Waals surface area contributed by atoms with Crippen molar-refractivity contribution < 1.29 is 4.79 Å². The van der Waals surface area contributed by atoms with Crippen molar-refractivity contribution >= 4 is 11.6 Å². The molecule has 0 aliphatic heterocycles. The van der Waals surface area contributed by atoms with E-state index in [1.54, 1.807) is 0 Å². The number of carbonyl (C=O) groups excluding carboxylic acids is 1. The van der Waals surface area contributed by atoms with E-state index in [0.29, 0.717) is 6.42 Å². The molecule has 0 saturated carbocycles. The maximum Gasteiger partial charge on any atom is 0.228 e. The van der Waals surface area contributed by atoms with E-state index in [1.807, 2.05) is 30.3 Å². The molecule has 2 aromatic rings. The molecule has 2 heteroatoms. The Morgan fingerprint density at radius 2 is 1.45 bits per heavy atom. The number of nitrogens with one attached hydrogen (secondary N) is 1. The van der Waals surface area contributed by atoms with Crippen molar-refractivity contribution in [2.75, 3.05) is 5.32 Å². The number of benzene rings is 2. The summed E-state index contributed by atoms with van der Waals surface area (Å²) in [6, 6.07) is 14.3. The SMILES string of the molecule is CCc1cc(CC)c(NC(=O)Cc2ccccc2)c(CC)c1. The van der Waals surface area contributed by atoms with Crippen LogP contribution in [-0.4, -0.2) is 5.91 Å². The Labute approximate surface area is 133 Å². The maximum atomic E-state index is 12.4. The Morgan fingerprint density at radius 3 is 1.95 bits per heavy atom. The molecule has 0 aliphatic carbocycles. The minimum Gasteiger partial charge on any atom is -0.325 e. The first-order valence-corrected chi connectivity index (χ1v) is 8.16. The summed E-state index contributed by atoms with van der Waals surface area (Å²) in [6.07, 6.45) is 3.31. The highest BCUT2D eigenvalue weighted by Gasteiger charge is 2.12. The van der Waals surface area contributed by atoms with Gasteiger partial charge in [-0.1, -0.05) is 63.2 Å². The Kier molecular flexibility index (Phi) is 5.76. The summed E-state index contributed by atoms with van der Waals surface area (Å²) in [5.74, 6) is 0.0554. The fraction of sp³-hybridized carbons (Fsp3) is 0.350. The van der Waals surface area contributed by atoms with Gasteiger partial charge in [0.15, 0.2) is 0 Å². The van der Waals surface area contributed by atoms with E-state index in [4.69, 9.17) is 0 Å². The maximum absolute atomic E-state index is 12.4. The van der Waals surface area contributed by atoms with Crippen LogP contribution >= 0.6 is 0 Å². The third-order valence-corrected chi connectivity index (χ3v) is 4.00. The van der Waals surface area contributed by atoms with E-state index in [0.717, 1.165) is 30.5 Å². The fourth-order valence-corrected chi connectivity index (χ4v) is 2.73. The van der Waals surface area contributed by atoms with Crippen LogP contribution in [0.15, 0.2) is 42.5 Å². The largest absolute Gasteiger partial charge is 0.325 e. The van der Waals surface area contributed by atoms with Crippen molar-refractivity contribution in [1.82, 2.24) is 0 Å². The lowest BCUT2D eigenvalue weighted by atomic mass is 9.97. The van der Waals surface area contributed by atoms with Crippen LogP contribution in [0.2, 0.25) is 0 Å². The molecular formula is C20H25NO. The smallest absolute Gasteiger partial charge is 0.228 e. The van der Waals surface area contributed by atoms with Gasteiger partial charge in [0.05, 0.1) is 6.42 Å². The van der Waals surface area contributed by atoms with Gasteiger partial charge in [-0.15, -0.1) is 0 Å². The Balaban J connectivity index is 2.22. The lowest BCUT2D eigenvalue weighted by Gasteiger charge is -2.16. The topological polar surface area (TPSA) is 29.1 Å². The highest BCUT2D eigenvalue weighted by atomic mass is 16.1. The predicted molar refractivity (Wildman–Crippen MR) is 93.4 cm³/mol. The van der Waals surface area contributed by atoms with Gasteiger partial charge in [0.25, 0.3) is 0 Å². The zero-order valence-corrected chi connectivity index (χ0v) is 13.8. The minimum absolute atomic E-state index is 0.0554. The average Bonchev–Trinajstić information content (AvgIpc) is 2.55. The average molecular weight is 295 g/mol. The van der Waals surface area contributed by atoms with E-state index in [2.05, 4.69) is 38.2 Å². The number of rotatable bonds is 6. The molecule has 2 nitrogen and oxygen atoms in total. The molecule has 1 N–H and O–H groups in total. The Bertz CT molecular complexity index is 606. The second-order valence-corrected chi connectivity index (χ2v) is 5.56. The normalized spacial score (nSPS) is 10.5. The van der Waals surface area contributed by atoms with Crippen molar-refractivity contribution in [2.45, 2.75) is 46.5 Å². The Morgan fingerprint density at radius 1 is 0.864 bits per heavy atom. The number of hydrogen-bond acceptors (Lipinski definition) is 1. The van der Waals surface area contributed by atoms with Gasteiger partial charge in [0.1, 0.15) is 0 Å². The van der Waals surface area contributed by atoms with Crippen LogP contribution in [-0.2, 0) is 30.5 Å². The molecule has 0 spiro atoms. The van der Waals surface area contributed by atoms with Crippen molar-refractivity contribution in [2.24, 2.45) is 0 Å². The van der Waals surface area contributed by atoms with E-state index < -0.39 is 0 Å². The van der Waals surface area contributed by atoms with Gasteiger partial charge in [-0.05, 0) is 41.5 Å². The van der Waals surface area contributed by atoms with Crippen LogP contribution in [0.1, 0.15) is 43.0 Å². The molecule has 0 saturated heterocycles. The third-order valence-electron chi connectivity index (χ3n) is 4.00. The summed E-state index contributed by atoms with van der Waals surface area (Å²) in [5, 5.41) is 3.14. The summed E-state index contributed by atoms with van der Waals surface area (Å²) < 4.78 is 0. The second kappa shape index (κ2) is 7.79. The fourth-order valence-electron chi connectivity index (χ4n) is 2.73. The summed E-state index contributed by atoms with van der Waals surface area (Å²) in [4.78, 5) is 12.4. The molecule has 116 valence electrons. The number of aryl methyl sites for hydroxylation is 3. The van der Waals surface area contributed by atoms with Gasteiger partial charge in [0, 0.05) is 5.69 Å². The molecule has 22 heavy (non-hydrogen) atoms. The summed E-state index contributed by atoms with van der Waals surface area (Å²) in [7, 11) is 0. The molecule has 0 unspecified atom stereocenters. The molecule has 0 heterocycles. The van der Waals surface area contributed by atoms with Crippen LogP contribution in [0.3, 0.4) is 0 Å². The summed E-state index contributed by atoms with van der Waals surface area (Å²) in [6.45, 7) is 6.45. The monoisotopic (exact) mass is 295 g/mol. The second-order valence-electron chi connectivity index (χ2n) is 5.56. The van der Waals surface area contributed by atoms with Gasteiger partial charge in [-0.3, -0.25) is 4.79 Å². The van der Waals surface area contributed by atoms with Crippen molar-refractivity contribution in [3.8, 4) is 0 Å². The molecule has 1 amide bonds. The van der Waals surface area contributed by atoms with Gasteiger partial charge >= 0.3 is 0 Å². The van der Waals surface area contributed by atoms with E-state index in [-0.39, 0.29) is 5.91 Å². The molecule has 0 fully saturated rings. The Hall–Kier alpha value is -2.09. The highest BCUT2D eigenvalue weighted by Crippen LogP contribution is 2.25. The van der Waals surface area contributed by atoms with Crippen molar-refractivity contribution in [3.63, 3.8) is 0 Å². The molecule has 0 aliphatic rings. The number of amides is 1. The van der Waals surface area contributed by atoms with Crippen LogP contribution in [0, 0.1) is 0 Å². The lowest BCUT2D eigenvalue weighted by Crippen LogP contribution is -2.17.